The van der Waals surface area contributed by atoms with Crippen molar-refractivity contribution in [1.82, 2.24) is 0 Å². The molecule has 5 aliphatic carbocycles. The van der Waals surface area contributed by atoms with Crippen molar-refractivity contribution < 1.29 is 38.9 Å². The van der Waals surface area contributed by atoms with E-state index >= 15 is 0 Å². The first-order valence-electron chi connectivity index (χ1n) is 17.9. The molecule has 5 saturated carbocycles. The maximum Gasteiger partial charge on any atom is 0.306 e. The molecular formula is C38H58O8. The molecule has 0 aromatic rings. The zero-order valence-corrected chi connectivity index (χ0v) is 29.1. The van der Waals surface area contributed by atoms with E-state index < -0.39 is 23.9 Å². The summed E-state index contributed by atoms with van der Waals surface area (Å²) in [6, 6.07) is 0. The van der Waals surface area contributed by atoms with Gasteiger partial charge in [-0.25, -0.2) is 0 Å². The molecule has 0 bridgehead atoms. The normalized spacial score (nSPS) is 42.4. The lowest BCUT2D eigenvalue weighted by Gasteiger charge is -2.73. The summed E-state index contributed by atoms with van der Waals surface area (Å²) in [5.41, 5.74) is 1.35. The molecule has 0 amide bonds. The second-order valence-electron chi connectivity index (χ2n) is 17.3. The third-order valence-electron chi connectivity index (χ3n) is 15.1. The molecule has 8 heteroatoms. The predicted octanol–water partition coefficient (Wildman–Crippen LogP) is 7.83. The van der Waals surface area contributed by atoms with Crippen LogP contribution in [0.3, 0.4) is 0 Å². The fraction of sp³-hybridized carbons (Fsp3) is 0.842. The molecular weight excluding hydrogens is 584 g/mol. The van der Waals surface area contributed by atoms with Gasteiger partial charge in [0, 0.05) is 10.8 Å². The molecule has 0 aliphatic heterocycles. The van der Waals surface area contributed by atoms with Crippen LogP contribution in [0.4, 0.5) is 0 Å². The van der Waals surface area contributed by atoms with Gasteiger partial charge in [-0.05, 0) is 117 Å². The second-order valence-corrected chi connectivity index (χ2v) is 17.3. The monoisotopic (exact) mass is 642 g/mol. The number of ether oxygens (including phenoxy) is 2. The standard InChI is InChI=1S/C38H58O8/c1-23(2)24-14-19-38(22-45-31(43)12-10-29(39)40)21-20-36(6)25(33(24)38)8-9-27-35(5)17-16-28(46-32(44)13-11-30(41)42)34(3,4)26(35)15-18-37(27,36)7/h24-28,33H,1,8-22H2,2-7H3,(H,39,40)(H,41,42)/t24-,25-,26-,27+,28-,33-,35+,36-,37-,38-/m0/s1. The highest BCUT2D eigenvalue weighted by molar-refractivity contribution is 5.77. The molecule has 258 valence electrons. The van der Waals surface area contributed by atoms with E-state index in [9.17, 15) is 19.2 Å². The Morgan fingerprint density at radius 3 is 2.00 bits per heavy atom. The number of esters is 2. The molecule has 2 N–H and O–H groups in total. The Morgan fingerprint density at radius 1 is 0.717 bits per heavy atom. The van der Waals surface area contributed by atoms with Gasteiger partial charge in [0.2, 0.25) is 0 Å². The first kappa shape index (κ1) is 34.9. The maximum atomic E-state index is 12.6. The molecule has 0 radical (unpaired) electrons. The van der Waals surface area contributed by atoms with Crippen molar-refractivity contribution in [2.45, 2.75) is 138 Å². The fourth-order valence-electron chi connectivity index (χ4n) is 12.7. The number of carboxylic acid groups (broad SMARTS) is 2. The van der Waals surface area contributed by atoms with Crippen LogP contribution in [0, 0.1) is 56.7 Å². The lowest BCUT2D eigenvalue weighted by Crippen LogP contribution is -2.67. The van der Waals surface area contributed by atoms with Gasteiger partial charge in [-0.15, -0.1) is 0 Å². The summed E-state index contributed by atoms with van der Waals surface area (Å²) in [6.45, 7) is 19.2. The molecule has 46 heavy (non-hydrogen) atoms. The summed E-state index contributed by atoms with van der Waals surface area (Å²) in [7, 11) is 0. The highest BCUT2D eigenvalue weighted by Crippen LogP contribution is 2.77. The minimum atomic E-state index is -0.980. The quantitative estimate of drug-likeness (QED) is 0.182. The van der Waals surface area contributed by atoms with Crippen LogP contribution >= 0.6 is 0 Å². The number of carbonyl (C=O) groups is 4. The molecule has 5 rings (SSSR count). The Bertz CT molecular complexity index is 1250. The van der Waals surface area contributed by atoms with Crippen LogP contribution in [-0.2, 0) is 28.7 Å². The van der Waals surface area contributed by atoms with E-state index in [1.807, 2.05) is 0 Å². The predicted molar refractivity (Wildman–Crippen MR) is 174 cm³/mol. The maximum absolute atomic E-state index is 12.6. The molecule has 8 nitrogen and oxygen atoms in total. The number of aliphatic carboxylic acids is 2. The molecule has 0 spiro atoms. The van der Waals surface area contributed by atoms with Gasteiger partial charge < -0.3 is 19.7 Å². The molecule has 10 atom stereocenters. The van der Waals surface area contributed by atoms with E-state index in [2.05, 4.69) is 48.1 Å². The number of rotatable bonds is 10. The highest BCUT2D eigenvalue weighted by Gasteiger charge is 2.71. The summed E-state index contributed by atoms with van der Waals surface area (Å²) in [4.78, 5) is 47.3. The van der Waals surface area contributed by atoms with E-state index in [1.54, 1.807) is 0 Å². The number of allylic oxidation sites excluding steroid dienone is 1. The lowest BCUT2D eigenvalue weighted by molar-refractivity contribution is -0.252. The minimum Gasteiger partial charge on any atom is -0.481 e. The van der Waals surface area contributed by atoms with Gasteiger partial charge in [-0.2, -0.15) is 0 Å². The average molecular weight is 643 g/mol. The Morgan fingerprint density at radius 2 is 1.37 bits per heavy atom. The molecule has 0 aromatic carbocycles. The summed E-state index contributed by atoms with van der Waals surface area (Å²) >= 11 is 0. The zero-order chi connectivity index (χ0) is 33.9. The van der Waals surface area contributed by atoms with Crippen molar-refractivity contribution in [2.75, 3.05) is 6.61 Å². The Labute approximate surface area is 275 Å². The van der Waals surface area contributed by atoms with Crippen LogP contribution in [-0.4, -0.2) is 46.8 Å². The van der Waals surface area contributed by atoms with Crippen molar-refractivity contribution >= 4 is 23.9 Å². The van der Waals surface area contributed by atoms with Crippen LogP contribution in [0.25, 0.3) is 0 Å². The summed E-state index contributed by atoms with van der Waals surface area (Å²) in [6.07, 6.45) is 9.79. The second kappa shape index (κ2) is 12.3. The van der Waals surface area contributed by atoms with Gasteiger partial charge in [0.05, 0.1) is 32.3 Å². The van der Waals surface area contributed by atoms with Gasteiger partial charge in [0.1, 0.15) is 6.10 Å². The van der Waals surface area contributed by atoms with Crippen molar-refractivity contribution in [3.63, 3.8) is 0 Å². The first-order valence-corrected chi connectivity index (χ1v) is 17.9. The minimum absolute atomic E-state index is 0.0818. The fourth-order valence-corrected chi connectivity index (χ4v) is 12.7. The third-order valence-corrected chi connectivity index (χ3v) is 15.1. The van der Waals surface area contributed by atoms with Gasteiger partial charge in [0.15, 0.2) is 0 Å². The zero-order valence-electron chi connectivity index (χ0n) is 29.1. The highest BCUT2D eigenvalue weighted by atomic mass is 16.5. The van der Waals surface area contributed by atoms with E-state index in [0.29, 0.717) is 36.2 Å². The van der Waals surface area contributed by atoms with E-state index in [4.69, 9.17) is 19.7 Å². The summed E-state index contributed by atoms with van der Waals surface area (Å²) in [5, 5.41) is 18.1. The largest absolute Gasteiger partial charge is 0.481 e. The lowest BCUT2D eigenvalue weighted by atomic mass is 9.32. The van der Waals surface area contributed by atoms with Gasteiger partial charge in [0.25, 0.3) is 0 Å². The van der Waals surface area contributed by atoms with E-state index in [-0.39, 0.29) is 58.9 Å². The smallest absolute Gasteiger partial charge is 0.306 e. The van der Waals surface area contributed by atoms with Gasteiger partial charge in [-0.1, -0.05) is 46.8 Å². The van der Waals surface area contributed by atoms with Crippen molar-refractivity contribution in [3.05, 3.63) is 12.2 Å². The molecule has 5 aliphatic rings. The van der Waals surface area contributed by atoms with Crippen LogP contribution < -0.4 is 0 Å². The van der Waals surface area contributed by atoms with Crippen molar-refractivity contribution in [1.29, 1.82) is 0 Å². The van der Waals surface area contributed by atoms with E-state index in [0.717, 1.165) is 64.2 Å². The van der Waals surface area contributed by atoms with Gasteiger partial charge in [-0.3, -0.25) is 19.2 Å². The number of hydrogen-bond acceptors (Lipinski definition) is 6. The van der Waals surface area contributed by atoms with E-state index in [1.165, 1.54) is 5.57 Å². The molecule has 0 heterocycles. The van der Waals surface area contributed by atoms with Crippen LogP contribution in [0.2, 0.25) is 0 Å². The molecule has 0 unspecified atom stereocenters. The van der Waals surface area contributed by atoms with Gasteiger partial charge >= 0.3 is 23.9 Å². The third kappa shape index (κ3) is 5.61. The van der Waals surface area contributed by atoms with Crippen LogP contribution in [0.1, 0.15) is 131 Å². The molecule has 0 aromatic heterocycles. The Balaban J connectivity index is 1.38. The Kier molecular flexibility index (Phi) is 9.31. The van der Waals surface area contributed by atoms with Crippen LogP contribution in [0.5, 0.6) is 0 Å². The number of carboxylic acids is 2. The Hall–Kier alpha value is -2.38. The SMILES string of the molecule is C=C(C)[C@@H]1CC[C@@]2(COC(=O)CCC(=O)O)CC[C@@]3(C)[C@@H](CC[C@@H]4[C@]5(C)CC[C@H](OC(=O)CCC(=O)O)C(C)(C)[C@@H]5CC[C@@]43C)[C@H]12. The first-order chi connectivity index (χ1) is 21.4. The van der Waals surface area contributed by atoms with Crippen molar-refractivity contribution in [3.8, 4) is 0 Å². The number of fused-ring (bicyclic) bond motifs is 7. The summed E-state index contributed by atoms with van der Waals surface area (Å²) < 4.78 is 11.9. The molecule has 0 saturated heterocycles. The topological polar surface area (TPSA) is 127 Å². The van der Waals surface area contributed by atoms with Crippen molar-refractivity contribution in [2.24, 2.45) is 56.7 Å². The average Bonchev–Trinajstić information content (AvgIpc) is 3.36. The van der Waals surface area contributed by atoms with Crippen LogP contribution in [0.15, 0.2) is 12.2 Å². The number of carbonyl (C=O) groups excluding carboxylic acids is 2. The summed E-state index contributed by atoms with van der Waals surface area (Å²) in [5.74, 6) is -0.505. The molecule has 5 fully saturated rings. The number of hydrogen-bond donors (Lipinski definition) is 2.